The van der Waals surface area contributed by atoms with Crippen molar-refractivity contribution in [2.45, 2.75) is 25.3 Å². The summed E-state index contributed by atoms with van der Waals surface area (Å²) in [5.74, 6) is 0.0148. The number of hydrogen-bond acceptors (Lipinski definition) is 3. The summed E-state index contributed by atoms with van der Waals surface area (Å²) >= 11 is 19.2. The van der Waals surface area contributed by atoms with E-state index in [0.717, 1.165) is 39.7 Å². The maximum absolute atomic E-state index is 13.1. The van der Waals surface area contributed by atoms with Crippen LogP contribution in [0, 0.1) is 0 Å². The third-order valence-electron chi connectivity index (χ3n) is 5.31. The molecule has 1 saturated heterocycles. The highest BCUT2D eigenvalue weighted by Crippen LogP contribution is 2.35. The van der Waals surface area contributed by atoms with Gasteiger partial charge in [0.25, 0.3) is 0 Å². The van der Waals surface area contributed by atoms with Crippen LogP contribution in [0.15, 0.2) is 39.3 Å². The first-order valence-electron chi connectivity index (χ1n) is 9.42. The van der Waals surface area contributed by atoms with Gasteiger partial charge in [-0.2, -0.15) is 0 Å². The molecule has 4 nitrogen and oxygen atoms in total. The van der Waals surface area contributed by atoms with Crippen LogP contribution in [0.3, 0.4) is 0 Å². The van der Waals surface area contributed by atoms with Gasteiger partial charge < -0.3 is 15.5 Å². The Kier molecular flexibility index (Phi) is 7.90. The first-order chi connectivity index (χ1) is 13.8. The third-order valence-corrected chi connectivity index (χ3v) is 7.42. The maximum Gasteiger partial charge on any atom is 0.227 e. The number of amides is 1. The van der Waals surface area contributed by atoms with Gasteiger partial charge in [0, 0.05) is 28.2 Å². The fraction of sp³-hybridized carbons (Fsp3) is 0.381. The summed E-state index contributed by atoms with van der Waals surface area (Å²) in [5, 5.41) is 0.939. The van der Waals surface area contributed by atoms with Crippen molar-refractivity contribution < 1.29 is 4.79 Å². The summed E-state index contributed by atoms with van der Waals surface area (Å²) in [5.41, 5.74) is 8.65. The van der Waals surface area contributed by atoms with Gasteiger partial charge in [-0.25, -0.2) is 0 Å². The lowest BCUT2D eigenvalue weighted by Gasteiger charge is -2.33. The average Bonchev–Trinajstić information content (AvgIpc) is 3.18. The Morgan fingerprint density at radius 2 is 1.83 bits per heavy atom. The van der Waals surface area contributed by atoms with Crippen LogP contribution < -0.4 is 5.73 Å². The lowest BCUT2D eigenvalue weighted by molar-refractivity contribution is -0.131. The summed E-state index contributed by atoms with van der Waals surface area (Å²) in [7, 11) is 1.85. The number of anilines is 1. The molecule has 1 aliphatic heterocycles. The lowest BCUT2D eigenvalue weighted by atomic mass is 10.0. The van der Waals surface area contributed by atoms with Crippen molar-refractivity contribution >= 4 is 66.7 Å². The molecule has 2 aromatic carbocycles. The summed E-state index contributed by atoms with van der Waals surface area (Å²) < 4.78 is 1.76. The Morgan fingerprint density at radius 3 is 2.48 bits per heavy atom. The number of likely N-dealkylation sites (tertiary alicyclic amines) is 1. The molecule has 1 heterocycles. The van der Waals surface area contributed by atoms with E-state index in [-0.39, 0.29) is 18.4 Å². The van der Waals surface area contributed by atoms with Crippen molar-refractivity contribution in [3.8, 4) is 0 Å². The van der Waals surface area contributed by atoms with Gasteiger partial charge >= 0.3 is 0 Å². The van der Waals surface area contributed by atoms with Crippen LogP contribution in [0.1, 0.15) is 30.0 Å². The second-order valence-electron chi connectivity index (χ2n) is 7.35. The predicted molar refractivity (Wildman–Crippen MR) is 128 cm³/mol. The SMILES string of the molecule is CN(C(=O)Cc1ccc(Cl)c(Cl)c1)[C@H](CN1CCCC1)c1cc(N)c(Br)cc1Br. The van der Waals surface area contributed by atoms with Crippen molar-refractivity contribution in [3.63, 3.8) is 0 Å². The van der Waals surface area contributed by atoms with Gasteiger partial charge in [0.05, 0.1) is 22.5 Å². The molecule has 8 heteroatoms. The third kappa shape index (κ3) is 5.67. The monoisotopic (exact) mass is 561 g/mol. The number of hydrogen-bond donors (Lipinski definition) is 1. The molecule has 29 heavy (non-hydrogen) atoms. The molecular formula is C21H23Br2Cl2N3O. The van der Waals surface area contributed by atoms with Crippen LogP contribution in [0.2, 0.25) is 10.0 Å². The minimum Gasteiger partial charge on any atom is -0.398 e. The number of nitrogens with two attached hydrogens (primary N) is 1. The van der Waals surface area contributed by atoms with Crippen LogP contribution in [-0.2, 0) is 11.2 Å². The van der Waals surface area contributed by atoms with Gasteiger partial charge in [-0.15, -0.1) is 0 Å². The molecule has 0 spiro atoms. The molecule has 0 radical (unpaired) electrons. The number of rotatable bonds is 6. The first-order valence-corrected chi connectivity index (χ1v) is 11.8. The Balaban J connectivity index is 1.86. The van der Waals surface area contributed by atoms with Crippen molar-refractivity contribution in [1.29, 1.82) is 0 Å². The Bertz CT molecular complexity index is 904. The highest BCUT2D eigenvalue weighted by atomic mass is 79.9. The first kappa shape index (κ1) is 22.9. The molecule has 156 valence electrons. The van der Waals surface area contributed by atoms with E-state index in [4.69, 9.17) is 28.9 Å². The van der Waals surface area contributed by atoms with E-state index in [1.807, 2.05) is 30.1 Å². The number of benzene rings is 2. The molecule has 0 aliphatic carbocycles. The Hall–Kier alpha value is -0.790. The summed E-state index contributed by atoms with van der Waals surface area (Å²) in [6.07, 6.45) is 2.64. The molecule has 3 rings (SSSR count). The average molecular weight is 564 g/mol. The predicted octanol–water partition coefficient (Wildman–Crippen LogP) is 5.94. The van der Waals surface area contributed by atoms with Crippen LogP contribution in [-0.4, -0.2) is 42.4 Å². The number of likely N-dealkylation sites (N-methyl/N-ethyl adjacent to an activating group) is 1. The van der Waals surface area contributed by atoms with Crippen LogP contribution in [0.25, 0.3) is 0 Å². The molecule has 1 aliphatic rings. The second kappa shape index (κ2) is 10.0. The Labute approximate surface area is 198 Å². The van der Waals surface area contributed by atoms with E-state index >= 15 is 0 Å². The van der Waals surface area contributed by atoms with Gasteiger partial charge in [-0.3, -0.25) is 4.79 Å². The molecule has 1 fully saturated rings. The van der Waals surface area contributed by atoms with Crippen LogP contribution >= 0.6 is 55.1 Å². The molecule has 0 saturated carbocycles. The van der Waals surface area contributed by atoms with Crippen LogP contribution in [0.4, 0.5) is 5.69 Å². The molecule has 0 aromatic heterocycles. The highest BCUT2D eigenvalue weighted by molar-refractivity contribution is 9.11. The zero-order chi connectivity index (χ0) is 21.1. The molecule has 2 aromatic rings. The second-order valence-corrected chi connectivity index (χ2v) is 9.87. The van der Waals surface area contributed by atoms with Crippen molar-refractivity contribution in [1.82, 2.24) is 9.80 Å². The van der Waals surface area contributed by atoms with Gasteiger partial charge in [0.2, 0.25) is 5.91 Å². The number of carbonyl (C=O) groups is 1. The number of nitrogens with zero attached hydrogens (tertiary/aromatic N) is 2. The maximum atomic E-state index is 13.1. The summed E-state index contributed by atoms with van der Waals surface area (Å²) in [6.45, 7) is 2.87. The zero-order valence-corrected chi connectivity index (χ0v) is 20.8. The van der Waals surface area contributed by atoms with E-state index in [9.17, 15) is 4.79 Å². The minimum atomic E-state index is -0.117. The quantitative estimate of drug-likeness (QED) is 0.443. The standard InChI is InChI=1S/C21H23Br2Cl2N3O/c1-27(21(29)9-13-4-5-17(24)18(25)8-13)20(12-28-6-2-3-7-28)14-10-19(26)16(23)11-15(14)22/h4-5,8,10-11,20H,2-3,6-7,9,12,26H2,1H3/t20-/m1/s1. The van der Waals surface area contributed by atoms with E-state index in [1.54, 1.807) is 12.1 Å². The molecule has 0 bridgehead atoms. The molecule has 1 amide bonds. The van der Waals surface area contributed by atoms with Gasteiger partial charge in [-0.05, 0) is 77.3 Å². The Morgan fingerprint density at radius 1 is 1.14 bits per heavy atom. The summed E-state index contributed by atoms with van der Waals surface area (Å²) in [6, 6.07) is 9.08. The van der Waals surface area contributed by atoms with E-state index in [2.05, 4.69) is 36.8 Å². The van der Waals surface area contributed by atoms with E-state index in [0.29, 0.717) is 15.7 Å². The number of carbonyl (C=O) groups excluding carboxylic acids is 1. The van der Waals surface area contributed by atoms with Gasteiger partial charge in [-0.1, -0.05) is 45.2 Å². The van der Waals surface area contributed by atoms with Gasteiger partial charge in [0.1, 0.15) is 0 Å². The smallest absolute Gasteiger partial charge is 0.227 e. The molecular weight excluding hydrogens is 541 g/mol. The molecule has 2 N–H and O–H groups in total. The largest absolute Gasteiger partial charge is 0.398 e. The van der Waals surface area contributed by atoms with Crippen molar-refractivity contribution in [2.24, 2.45) is 0 Å². The number of nitrogen functional groups attached to an aromatic ring is 1. The highest BCUT2D eigenvalue weighted by Gasteiger charge is 2.27. The van der Waals surface area contributed by atoms with E-state index < -0.39 is 0 Å². The molecule has 1 atom stereocenters. The zero-order valence-electron chi connectivity index (χ0n) is 16.1. The van der Waals surface area contributed by atoms with E-state index in [1.165, 1.54) is 12.8 Å². The van der Waals surface area contributed by atoms with Crippen molar-refractivity contribution in [2.75, 3.05) is 32.4 Å². The molecule has 0 unspecified atom stereocenters. The summed E-state index contributed by atoms with van der Waals surface area (Å²) in [4.78, 5) is 17.4. The normalized spacial score (nSPS) is 15.5. The minimum absolute atomic E-state index is 0.0148. The van der Waals surface area contributed by atoms with Crippen molar-refractivity contribution in [3.05, 3.63) is 60.4 Å². The van der Waals surface area contributed by atoms with Gasteiger partial charge in [0.15, 0.2) is 0 Å². The fourth-order valence-corrected chi connectivity index (χ4v) is 5.18. The topological polar surface area (TPSA) is 49.6 Å². The fourth-order valence-electron chi connectivity index (χ4n) is 3.60. The van der Waals surface area contributed by atoms with Crippen LogP contribution in [0.5, 0.6) is 0 Å². The lowest BCUT2D eigenvalue weighted by Crippen LogP contribution is -2.39. The number of halogens is 4.